The van der Waals surface area contributed by atoms with Crippen LogP contribution in [0.5, 0.6) is 0 Å². The van der Waals surface area contributed by atoms with E-state index in [0.717, 1.165) is 0 Å². The number of hydrogen-bond acceptors (Lipinski definition) is 2. The topological polar surface area (TPSA) is 12.0 Å². The number of fused-ring (bicyclic) bond motifs is 1. The fourth-order valence-corrected chi connectivity index (χ4v) is 1.71. The quantitative estimate of drug-likeness (QED) is 0.565. The molecule has 2 aromatic carbocycles. The average Bonchev–Trinajstić information content (AvgIpc) is 2.27. The van der Waals surface area contributed by atoms with Crippen LogP contribution in [-0.4, -0.2) is 7.05 Å². The fourth-order valence-electron chi connectivity index (χ4n) is 1.54. The molecule has 72 valence electrons. The van der Waals surface area contributed by atoms with Crippen molar-refractivity contribution >= 4 is 23.4 Å². The van der Waals surface area contributed by atoms with Gasteiger partial charge in [0.05, 0.1) is 5.37 Å². The second-order valence-electron chi connectivity index (χ2n) is 3.30. The standard InChI is InChI=1S/C12H13NS/c1-13-12(14)11-7-6-9-4-2-3-5-10(9)8-11/h2-8,12-14H,1H3. The highest BCUT2D eigenvalue weighted by Gasteiger charge is 2.02. The Morgan fingerprint density at radius 2 is 1.79 bits per heavy atom. The number of rotatable bonds is 2. The Hall–Kier alpha value is -0.990. The Bertz CT molecular complexity index is 439. The molecule has 2 rings (SSSR count). The lowest BCUT2D eigenvalue weighted by atomic mass is 10.1. The molecular weight excluding hydrogens is 190 g/mol. The predicted octanol–water partition coefficient (Wildman–Crippen LogP) is 2.99. The first-order valence-corrected chi connectivity index (χ1v) is 5.17. The molecule has 0 aromatic heterocycles. The summed E-state index contributed by atoms with van der Waals surface area (Å²) in [5.74, 6) is 0. The molecule has 0 radical (unpaired) electrons. The summed E-state index contributed by atoms with van der Waals surface area (Å²) in [6.45, 7) is 0. The van der Waals surface area contributed by atoms with E-state index in [-0.39, 0.29) is 5.37 Å². The van der Waals surface area contributed by atoms with Crippen LogP contribution in [0.25, 0.3) is 10.8 Å². The summed E-state index contributed by atoms with van der Waals surface area (Å²) in [6, 6.07) is 14.8. The molecule has 0 aliphatic rings. The van der Waals surface area contributed by atoms with E-state index in [4.69, 9.17) is 0 Å². The molecule has 0 aliphatic carbocycles. The summed E-state index contributed by atoms with van der Waals surface area (Å²) in [4.78, 5) is 0. The summed E-state index contributed by atoms with van der Waals surface area (Å²) in [5.41, 5.74) is 1.20. The second-order valence-corrected chi connectivity index (χ2v) is 3.81. The van der Waals surface area contributed by atoms with Gasteiger partial charge in [0.15, 0.2) is 0 Å². The van der Waals surface area contributed by atoms with E-state index in [1.807, 2.05) is 7.05 Å². The van der Waals surface area contributed by atoms with E-state index in [2.05, 4.69) is 60.4 Å². The van der Waals surface area contributed by atoms with Crippen LogP contribution in [0, 0.1) is 0 Å². The van der Waals surface area contributed by atoms with Crippen LogP contribution in [0.4, 0.5) is 0 Å². The molecule has 0 bridgehead atoms. The molecule has 1 nitrogen and oxygen atoms in total. The molecule has 0 fully saturated rings. The number of nitrogens with one attached hydrogen (secondary N) is 1. The predicted molar refractivity (Wildman–Crippen MR) is 64.7 cm³/mol. The van der Waals surface area contributed by atoms with Gasteiger partial charge in [0.1, 0.15) is 0 Å². The number of thiol groups is 1. The van der Waals surface area contributed by atoms with Gasteiger partial charge in [0.2, 0.25) is 0 Å². The largest absolute Gasteiger partial charge is 0.305 e. The second kappa shape index (κ2) is 4.03. The number of benzene rings is 2. The molecule has 1 unspecified atom stereocenters. The van der Waals surface area contributed by atoms with Gasteiger partial charge in [0.25, 0.3) is 0 Å². The normalized spacial score (nSPS) is 13.0. The fraction of sp³-hybridized carbons (Fsp3) is 0.167. The molecule has 1 N–H and O–H groups in total. The van der Waals surface area contributed by atoms with Crippen LogP contribution in [0.2, 0.25) is 0 Å². The van der Waals surface area contributed by atoms with Gasteiger partial charge in [0, 0.05) is 0 Å². The zero-order valence-corrected chi connectivity index (χ0v) is 8.96. The minimum Gasteiger partial charge on any atom is -0.305 e. The summed E-state index contributed by atoms with van der Waals surface area (Å²) >= 11 is 4.43. The van der Waals surface area contributed by atoms with Crippen LogP contribution in [-0.2, 0) is 0 Å². The van der Waals surface area contributed by atoms with E-state index in [1.165, 1.54) is 16.3 Å². The van der Waals surface area contributed by atoms with E-state index < -0.39 is 0 Å². The lowest BCUT2D eigenvalue weighted by molar-refractivity contribution is 0.802. The van der Waals surface area contributed by atoms with Crippen LogP contribution >= 0.6 is 12.6 Å². The zero-order chi connectivity index (χ0) is 9.97. The van der Waals surface area contributed by atoms with Crippen LogP contribution in [0.3, 0.4) is 0 Å². The number of hydrogen-bond donors (Lipinski definition) is 2. The van der Waals surface area contributed by atoms with Crippen molar-refractivity contribution in [3.63, 3.8) is 0 Å². The molecule has 0 amide bonds. The first-order valence-electron chi connectivity index (χ1n) is 4.65. The van der Waals surface area contributed by atoms with E-state index >= 15 is 0 Å². The Morgan fingerprint density at radius 1 is 1.07 bits per heavy atom. The summed E-state index contributed by atoms with van der Waals surface area (Å²) in [6.07, 6.45) is 0. The van der Waals surface area contributed by atoms with E-state index in [0.29, 0.717) is 0 Å². The SMILES string of the molecule is CNC(S)c1ccc2ccccc2c1. The van der Waals surface area contributed by atoms with Crippen molar-refractivity contribution in [3.05, 3.63) is 48.0 Å². The molecule has 0 saturated carbocycles. The Balaban J connectivity index is 2.51. The molecule has 2 aromatic rings. The molecule has 14 heavy (non-hydrogen) atoms. The van der Waals surface area contributed by atoms with Crippen molar-refractivity contribution in [1.29, 1.82) is 0 Å². The first kappa shape index (κ1) is 9.56. The first-order chi connectivity index (χ1) is 6.81. The Kier molecular flexibility index (Phi) is 2.75. The highest BCUT2D eigenvalue weighted by Crippen LogP contribution is 2.21. The minimum absolute atomic E-state index is 0.111. The minimum atomic E-state index is 0.111. The lowest BCUT2D eigenvalue weighted by Gasteiger charge is -2.10. The van der Waals surface area contributed by atoms with Gasteiger partial charge in [-0.2, -0.15) is 12.6 Å². The Morgan fingerprint density at radius 3 is 2.50 bits per heavy atom. The van der Waals surface area contributed by atoms with Crippen molar-refractivity contribution in [2.24, 2.45) is 0 Å². The third-order valence-electron chi connectivity index (χ3n) is 2.36. The summed E-state index contributed by atoms with van der Waals surface area (Å²) in [7, 11) is 1.91. The van der Waals surface area contributed by atoms with Gasteiger partial charge >= 0.3 is 0 Å². The van der Waals surface area contributed by atoms with Gasteiger partial charge in [-0.25, -0.2) is 0 Å². The van der Waals surface area contributed by atoms with Gasteiger partial charge in [-0.1, -0.05) is 36.4 Å². The lowest BCUT2D eigenvalue weighted by Crippen LogP contribution is -2.09. The molecule has 0 spiro atoms. The Labute approximate surface area is 89.5 Å². The summed E-state index contributed by atoms with van der Waals surface area (Å²) < 4.78 is 0. The van der Waals surface area contributed by atoms with Gasteiger partial charge in [-0.15, -0.1) is 0 Å². The molecule has 0 saturated heterocycles. The molecule has 0 heterocycles. The molecule has 0 aliphatic heterocycles. The highest BCUT2D eigenvalue weighted by atomic mass is 32.1. The highest BCUT2D eigenvalue weighted by molar-refractivity contribution is 7.80. The van der Waals surface area contributed by atoms with Crippen molar-refractivity contribution in [2.75, 3.05) is 7.05 Å². The maximum atomic E-state index is 4.43. The van der Waals surface area contributed by atoms with E-state index in [1.54, 1.807) is 0 Å². The van der Waals surface area contributed by atoms with Gasteiger partial charge < -0.3 is 5.32 Å². The third kappa shape index (κ3) is 1.76. The van der Waals surface area contributed by atoms with Crippen LogP contribution in [0.15, 0.2) is 42.5 Å². The smallest absolute Gasteiger partial charge is 0.0757 e. The maximum absolute atomic E-state index is 4.43. The average molecular weight is 203 g/mol. The molecule has 1 atom stereocenters. The maximum Gasteiger partial charge on any atom is 0.0757 e. The molecule has 2 heteroatoms. The van der Waals surface area contributed by atoms with Crippen LogP contribution < -0.4 is 5.32 Å². The zero-order valence-electron chi connectivity index (χ0n) is 8.07. The van der Waals surface area contributed by atoms with Gasteiger partial charge in [-0.3, -0.25) is 0 Å². The third-order valence-corrected chi connectivity index (χ3v) is 2.92. The van der Waals surface area contributed by atoms with Crippen molar-refractivity contribution < 1.29 is 0 Å². The van der Waals surface area contributed by atoms with Gasteiger partial charge in [-0.05, 0) is 29.4 Å². The molecular formula is C12H13NS. The van der Waals surface area contributed by atoms with Crippen LogP contribution in [0.1, 0.15) is 10.9 Å². The van der Waals surface area contributed by atoms with Crippen molar-refractivity contribution in [3.8, 4) is 0 Å². The van der Waals surface area contributed by atoms with Crippen molar-refractivity contribution in [1.82, 2.24) is 5.32 Å². The van der Waals surface area contributed by atoms with Crippen molar-refractivity contribution in [2.45, 2.75) is 5.37 Å². The van der Waals surface area contributed by atoms with E-state index in [9.17, 15) is 0 Å². The summed E-state index contributed by atoms with van der Waals surface area (Å²) in [5, 5.41) is 5.76. The monoisotopic (exact) mass is 203 g/mol.